The van der Waals surface area contributed by atoms with Gasteiger partial charge >= 0.3 is 23.9 Å². The number of carbonyl (C=O) groups is 4. The van der Waals surface area contributed by atoms with Crippen LogP contribution in [0.4, 0.5) is 0 Å². The Morgan fingerprint density at radius 3 is 0.433 bits per heavy atom. The van der Waals surface area contributed by atoms with E-state index >= 15 is 0 Å². The van der Waals surface area contributed by atoms with Gasteiger partial charge in [0.05, 0.1) is 50.1 Å². The molecular formula is C82H156O8. The molecule has 0 aromatic carbocycles. The van der Waals surface area contributed by atoms with Crippen LogP contribution in [0, 0.1) is 47.3 Å². The number of carbonyl (C=O) groups excluding carboxylic acids is 4. The smallest absolute Gasteiger partial charge is 0.309 e. The van der Waals surface area contributed by atoms with Gasteiger partial charge in [0.15, 0.2) is 0 Å². The fraction of sp³-hybridized carbons (Fsp3) is 0.951. The zero-order valence-corrected chi connectivity index (χ0v) is 61.7. The summed E-state index contributed by atoms with van der Waals surface area (Å²) < 4.78 is 24.0. The first-order valence-corrected chi connectivity index (χ1v) is 40.5. The molecule has 8 heteroatoms. The standard InChI is InChI=1S/C82H156O8/c1-71(2)61-53-45-37-29-21-13-9-17-25-33-41-49-57-65-87-79(83)75-69-77(81(85)89-67-59-51-43-35-27-19-11-15-23-31-39-47-55-63-73(5)6)78(82(86)90-68-60-52-44-36-28-20-12-16-24-32-40-48-56-64-74(7)8)70-76(75)80(84)88-66-58-50-42-34-26-18-10-14-22-30-38-46-54-62-72(3)4/h71-78H,9-70H2,1-8H3. The van der Waals surface area contributed by atoms with Gasteiger partial charge in [-0.15, -0.1) is 0 Å². The quantitative estimate of drug-likeness (QED) is 0.0337. The van der Waals surface area contributed by atoms with E-state index in [2.05, 4.69) is 55.4 Å². The molecule has 1 aliphatic carbocycles. The monoisotopic (exact) mass is 1270 g/mol. The van der Waals surface area contributed by atoms with Gasteiger partial charge in [-0.25, -0.2) is 0 Å². The summed E-state index contributed by atoms with van der Waals surface area (Å²) in [5.41, 5.74) is 0. The summed E-state index contributed by atoms with van der Waals surface area (Å²) in [5, 5.41) is 0. The van der Waals surface area contributed by atoms with Gasteiger partial charge in [-0.1, -0.05) is 389 Å². The summed E-state index contributed by atoms with van der Waals surface area (Å²) in [4.78, 5) is 56.9. The second kappa shape index (κ2) is 64.2. The van der Waals surface area contributed by atoms with E-state index < -0.39 is 47.5 Å². The van der Waals surface area contributed by atoms with Crippen molar-refractivity contribution in [2.24, 2.45) is 47.3 Å². The molecule has 0 aromatic rings. The van der Waals surface area contributed by atoms with Crippen molar-refractivity contribution < 1.29 is 38.1 Å². The summed E-state index contributed by atoms with van der Waals surface area (Å²) in [7, 11) is 0. The van der Waals surface area contributed by atoms with Gasteiger partial charge < -0.3 is 18.9 Å². The Hall–Kier alpha value is -2.12. The van der Waals surface area contributed by atoms with E-state index in [0.29, 0.717) is 0 Å². The number of hydrogen-bond donors (Lipinski definition) is 0. The molecular weight excluding hydrogens is 1110 g/mol. The second-order valence-corrected chi connectivity index (χ2v) is 30.7. The molecule has 4 unspecified atom stereocenters. The van der Waals surface area contributed by atoms with Crippen LogP contribution in [0.3, 0.4) is 0 Å². The first-order valence-electron chi connectivity index (χ1n) is 40.5. The van der Waals surface area contributed by atoms with Gasteiger partial charge in [0.2, 0.25) is 0 Å². The summed E-state index contributed by atoms with van der Waals surface area (Å²) >= 11 is 0. The molecule has 0 amide bonds. The van der Waals surface area contributed by atoms with Crippen molar-refractivity contribution in [2.75, 3.05) is 26.4 Å². The molecule has 0 heterocycles. The van der Waals surface area contributed by atoms with Gasteiger partial charge in [0.1, 0.15) is 0 Å². The Bertz CT molecular complexity index is 1350. The maximum atomic E-state index is 14.2. The Morgan fingerprint density at radius 1 is 0.200 bits per heavy atom. The summed E-state index contributed by atoms with van der Waals surface area (Å²) in [6, 6.07) is 0. The lowest BCUT2D eigenvalue weighted by atomic mass is 9.68. The number of unbranched alkanes of at least 4 members (excludes halogenated alkanes) is 48. The first kappa shape index (κ1) is 85.9. The van der Waals surface area contributed by atoms with Crippen LogP contribution in [0.25, 0.3) is 0 Å². The number of ether oxygens (including phenoxy) is 4. The van der Waals surface area contributed by atoms with Crippen molar-refractivity contribution >= 4 is 23.9 Å². The lowest BCUT2D eigenvalue weighted by Gasteiger charge is -2.37. The largest absolute Gasteiger partial charge is 0.465 e. The fourth-order valence-electron chi connectivity index (χ4n) is 13.8. The van der Waals surface area contributed by atoms with Gasteiger partial charge in [-0.3, -0.25) is 19.2 Å². The minimum atomic E-state index is -0.890. The lowest BCUT2D eigenvalue weighted by molar-refractivity contribution is -0.175. The number of hydrogen-bond acceptors (Lipinski definition) is 8. The molecule has 0 radical (unpaired) electrons. The molecule has 0 aliphatic heterocycles. The van der Waals surface area contributed by atoms with Crippen LogP contribution in [-0.4, -0.2) is 50.3 Å². The van der Waals surface area contributed by atoms with Gasteiger partial charge in [-0.05, 0) is 62.2 Å². The lowest BCUT2D eigenvalue weighted by Crippen LogP contribution is -2.46. The highest BCUT2D eigenvalue weighted by Crippen LogP contribution is 2.41. The van der Waals surface area contributed by atoms with Crippen molar-refractivity contribution in [1.29, 1.82) is 0 Å². The molecule has 0 aromatic heterocycles. The minimum Gasteiger partial charge on any atom is -0.465 e. The molecule has 1 aliphatic rings. The molecule has 1 fully saturated rings. The maximum Gasteiger partial charge on any atom is 0.309 e. The topological polar surface area (TPSA) is 105 Å². The van der Waals surface area contributed by atoms with Gasteiger partial charge in [-0.2, -0.15) is 0 Å². The van der Waals surface area contributed by atoms with E-state index in [1.54, 1.807) is 0 Å². The van der Waals surface area contributed by atoms with E-state index in [0.717, 1.165) is 101 Å². The highest BCUT2D eigenvalue weighted by atomic mass is 16.5. The van der Waals surface area contributed by atoms with Crippen molar-refractivity contribution in [1.82, 2.24) is 0 Å². The normalized spacial score (nSPS) is 16.0. The number of esters is 4. The third kappa shape index (κ3) is 55.2. The second-order valence-electron chi connectivity index (χ2n) is 30.7. The highest BCUT2D eigenvalue weighted by Gasteiger charge is 2.51. The van der Waals surface area contributed by atoms with Crippen LogP contribution in [-0.2, 0) is 38.1 Å². The molecule has 0 saturated heterocycles. The maximum absolute atomic E-state index is 14.2. The summed E-state index contributed by atoms with van der Waals surface area (Å²) in [6.45, 7) is 19.7. The molecule has 8 nitrogen and oxygen atoms in total. The Morgan fingerprint density at radius 2 is 0.311 bits per heavy atom. The van der Waals surface area contributed by atoms with Gasteiger partial charge in [0.25, 0.3) is 0 Å². The third-order valence-corrected chi connectivity index (χ3v) is 19.9. The van der Waals surface area contributed by atoms with Crippen molar-refractivity contribution in [3.05, 3.63) is 0 Å². The van der Waals surface area contributed by atoms with Crippen LogP contribution in [0.5, 0.6) is 0 Å². The van der Waals surface area contributed by atoms with E-state index in [1.165, 1.54) is 283 Å². The fourth-order valence-corrected chi connectivity index (χ4v) is 13.8. The van der Waals surface area contributed by atoms with Crippen LogP contribution >= 0.6 is 0 Å². The highest BCUT2D eigenvalue weighted by molar-refractivity contribution is 5.87. The average molecular weight is 1270 g/mol. The molecule has 90 heavy (non-hydrogen) atoms. The predicted octanol–water partition coefficient (Wildman–Crippen LogP) is 25.9. The zero-order valence-electron chi connectivity index (χ0n) is 61.7. The zero-order chi connectivity index (χ0) is 65.6. The van der Waals surface area contributed by atoms with E-state index in [-0.39, 0.29) is 39.3 Å². The minimum absolute atomic E-state index is 0.0179. The SMILES string of the molecule is CC(C)CCCCCCCCCCCCCCCOC(=O)C1CC(C(=O)OCCCCCCCCCCCCCCCC(C)C)C(C(=O)OCCCCCCCCCCCCCCCC(C)C)CC1C(=O)OCCCCCCCCCCCCCCCC(C)C. The Kier molecular flexibility index (Phi) is 61.3. The van der Waals surface area contributed by atoms with Gasteiger partial charge in [0, 0.05) is 0 Å². The van der Waals surface area contributed by atoms with Crippen molar-refractivity contribution in [2.45, 2.75) is 428 Å². The average Bonchev–Trinajstić information content (AvgIpc) is 0.907. The summed E-state index contributed by atoms with van der Waals surface area (Å²) in [5.74, 6) is -2.14. The molecule has 1 saturated carbocycles. The van der Waals surface area contributed by atoms with Crippen molar-refractivity contribution in [3.8, 4) is 0 Å². The first-order chi connectivity index (χ1) is 43.8. The van der Waals surface area contributed by atoms with Crippen LogP contribution in [0.15, 0.2) is 0 Å². The molecule has 0 N–H and O–H groups in total. The third-order valence-electron chi connectivity index (χ3n) is 19.9. The molecule has 0 bridgehead atoms. The molecule has 1 rings (SSSR count). The van der Waals surface area contributed by atoms with Crippen LogP contribution < -0.4 is 0 Å². The Balaban J connectivity index is 2.85. The predicted molar refractivity (Wildman–Crippen MR) is 385 cm³/mol. The van der Waals surface area contributed by atoms with E-state index in [1.807, 2.05) is 0 Å². The van der Waals surface area contributed by atoms with E-state index in [9.17, 15) is 19.2 Å². The Labute approximate surface area is 560 Å². The van der Waals surface area contributed by atoms with E-state index in [4.69, 9.17) is 18.9 Å². The van der Waals surface area contributed by atoms with Crippen LogP contribution in [0.2, 0.25) is 0 Å². The molecule has 0 spiro atoms. The van der Waals surface area contributed by atoms with Crippen molar-refractivity contribution in [3.63, 3.8) is 0 Å². The number of rotatable bonds is 68. The molecule has 4 atom stereocenters. The van der Waals surface area contributed by atoms with Crippen LogP contribution in [0.1, 0.15) is 428 Å². The summed E-state index contributed by atoms with van der Waals surface area (Å²) in [6.07, 6.45) is 69.9. The molecule has 532 valence electrons.